The molecule has 3 nitrogen and oxygen atoms in total. The molecule has 0 saturated heterocycles. The van der Waals surface area contributed by atoms with E-state index in [0.29, 0.717) is 5.69 Å². The van der Waals surface area contributed by atoms with Crippen LogP contribution < -0.4 is 5.32 Å². The Labute approximate surface area is 126 Å². The quantitative estimate of drug-likeness (QED) is 0.549. The first kappa shape index (κ1) is 15.8. The Morgan fingerprint density at radius 1 is 1.50 bits per heavy atom. The monoisotopic (exact) mass is 433 g/mol. The van der Waals surface area contributed by atoms with Crippen molar-refractivity contribution in [3.63, 3.8) is 0 Å². The van der Waals surface area contributed by atoms with Crippen molar-refractivity contribution in [2.45, 2.75) is 12.8 Å². The molecular formula is C11H11BrF2INO2. The normalized spacial score (nSPS) is 10.7. The lowest BCUT2D eigenvalue weighted by atomic mass is 10.3. The highest BCUT2D eigenvalue weighted by Crippen LogP contribution is 2.22. The summed E-state index contributed by atoms with van der Waals surface area (Å²) >= 11 is 5.48. The molecule has 0 unspecified atom stereocenters. The van der Waals surface area contributed by atoms with Crippen molar-refractivity contribution in [2.75, 3.05) is 18.5 Å². The van der Waals surface area contributed by atoms with Crippen LogP contribution in [0.5, 0.6) is 0 Å². The highest BCUT2D eigenvalue weighted by atomic mass is 127. The number of ether oxygens (including phenoxy) is 1. The zero-order valence-electron chi connectivity index (χ0n) is 9.26. The Bertz CT molecular complexity index is 418. The van der Waals surface area contributed by atoms with Gasteiger partial charge in [-0.05, 0) is 56.7 Å². The predicted octanol–water partition coefficient (Wildman–Crippen LogP) is 3.66. The highest BCUT2D eigenvalue weighted by molar-refractivity contribution is 14.1. The molecule has 0 aromatic heterocycles. The van der Waals surface area contributed by atoms with Crippen molar-refractivity contribution in [2.24, 2.45) is 0 Å². The fourth-order valence-corrected chi connectivity index (χ4v) is 1.90. The third-order valence-corrected chi connectivity index (χ3v) is 4.25. The molecule has 1 rings (SSSR count). The highest BCUT2D eigenvalue weighted by Gasteiger charge is 2.06. The molecule has 0 bridgehead atoms. The number of carbonyl (C=O) groups excluding carboxylic acids is 1. The van der Waals surface area contributed by atoms with E-state index in [0.717, 1.165) is 8.04 Å². The first-order chi connectivity index (χ1) is 8.49. The van der Waals surface area contributed by atoms with Crippen LogP contribution in [0.15, 0.2) is 22.7 Å². The second-order valence-corrected chi connectivity index (χ2v) is 5.41. The molecule has 7 heteroatoms. The van der Waals surface area contributed by atoms with Gasteiger partial charge in [-0.25, -0.2) is 8.78 Å². The van der Waals surface area contributed by atoms with Gasteiger partial charge in [-0.15, -0.1) is 0 Å². The van der Waals surface area contributed by atoms with Gasteiger partial charge in [0.05, 0.1) is 13.0 Å². The summed E-state index contributed by atoms with van der Waals surface area (Å²) in [4.78, 5) is 11.5. The van der Waals surface area contributed by atoms with Gasteiger partial charge in [0, 0.05) is 13.7 Å². The Hall–Kier alpha value is -0.280. The minimum absolute atomic E-state index is 0.0101. The lowest BCUT2D eigenvalue weighted by Gasteiger charge is -2.07. The van der Waals surface area contributed by atoms with E-state index in [1.165, 1.54) is 0 Å². The van der Waals surface area contributed by atoms with E-state index >= 15 is 0 Å². The second kappa shape index (κ2) is 8.00. The standard InChI is InChI=1S/C11H11BrF2INO2/c12-8-2-1-7(5-9(8)15)16-11(17)3-4-18-6-10(13)14/h1-2,5,10H,3-4,6H2,(H,16,17). The van der Waals surface area contributed by atoms with Crippen LogP contribution in [0.2, 0.25) is 0 Å². The zero-order valence-corrected chi connectivity index (χ0v) is 13.0. The van der Waals surface area contributed by atoms with E-state index in [1.807, 2.05) is 12.1 Å². The van der Waals surface area contributed by atoms with Crippen molar-refractivity contribution >= 4 is 50.1 Å². The van der Waals surface area contributed by atoms with Crippen LogP contribution in [0.3, 0.4) is 0 Å². The van der Waals surface area contributed by atoms with Gasteiger partial charge >= 0.3 is 0 Å². The first-order valence-electron chi connectivity index (χ1n) is 5.10. The first-order valence-corrected chi connectivity index (χ1v) is 6.97. The van der Waals surface area contributed by atoms with Gasteiger partial charge in [-0.1, -0.05) is 0 Å². The fourth-order valence-electron chi connectivity index (χ4n) is 1.13. The van der Waals surface area contributed by atoms with E-state index in [4.69, 9.17) is 0 Å². The fraction of sp³-hybridized carbons (Fsp3) is 0.364. The Morgan fingerprint density at radius 3 is 2.83 bits per heavy atom. The molecule has 0 radical (unpaired) electrons. The van der Waals surface area contributed by atoms with Gasteiger partial charge in [0.2, 0.25) is 5.91 Å². The molecule has 0 fully saturated rings. The van der Waals surface area contributed by atoms with E-state index < -0.39 is 13.0 Å². The number of nitrogens with one attached hydrogen (secondary N) is 1. The molecule has 0 aliphatic heterocycles. The van der Waals surface area contributed by atoms with Gasteiger partial charge in [0.15, 0.2) is 0 Å². The topological polar surface area (TPSA) is 38.3 Å². The lowest BCUT2D eigenvalue weighted by Crippen LogP contribution is -2.15. The number of carbonyl (C=O) groups is 1. The smallest absolute Gasteiger partial charge is 0.261 e. The molecule has 0 saturated carbocycles. The van der Waals surface area contributed by atoms with Crippen molar-refractivity contribution < 1.29 is 18.3 Å². The Kier molecular flexibility index (Phi) is 7.02. The summed E-state index contributed by atoms with van der Waals surface area (Å²) in [7, 11) is 0. The van der Waals surface area contributed by atoms with Crippen LogP contribution in [-0.4, -0.2) is 25.5 Å². The van der Waals surface area contributed by atoms with Gasteiger partial charge in [0.25, 0.3) is 6.43 Å². The third-order valence-electron chi connectivity index (χ3n) is 1.92. The van der Waals surface area contributed by atoms with Crippen molar-refractivity contribution in [1.82, 2.24) is 0 Å². The molecule has 1 N–H and O–H groups in total. The third kappa shape index (κ3) is 6.05. The summed E-state index contributed by atoms with van der Waals surface area (Å²) in [6, 6.07) is 5.39. The van der Waals surface area contributed by atoms with Crippen LogP contribution in [0.4, 0.5) is 14.5 Å². The molecule has 0 heterocycles. The number of rotatable bonds is 6. The van der Waals surface area contributed by atoms with Crippen LogP contribution in [-0.2, 0) is 9.53 Å². The molecular weight excluding hydrogens is 423 g/mol. The molecule has 0 atom stereocenters. The summed E-state index contributed by atoms with van der Waals surface area (Å²) < 4.78 is 30.1. The van der Waals surface area contributed by atoms with Crippen LogP contribution >= 0.6 is 38.5 Å². The lowest BCUT2D eigenvalue weighted by molar-refractivity contribution is -0.117. The van der Waals surface area contributed by atoms with Crippen LogP contribution in [0.25, 0.3) is 0 Å². The maximum absolute atomic E-state index is 11.8. The van der Waals surface area contributed by atoms with E-state index in [2.05, 4.69) is 48.6 Å². The number of benzene rings is 1. The Morgan fingerprint density at radius 2 is 2.22 bits per heavy atom. The summed E-state index contributed by atoms with van der Waals surface area (Å²) in [6.45, 7) is -0.646. The molecule has 0 aliphatic carbocycles. The summed E-state index contributed by atoms with van der Waals surface area (Å²) in [6.07, 6.45) is -2.44. The predicted molar refractivity (Wildman–Crippen MR) is 76.9 cm³/mol. The Balaban J connectivity index is 2.33. The average Bonchev–Trinajstić information content (AvgIpc) is 2.29. The van der Waals surface area contributed by atoms with Gasteiger partial charge in [-0.3, -0.25) is 4.79 Å². The van der Waals surface area contributed by atoms with E-state index in [-0.39, 0.29) is 18.9 Å². The maximum Gasteiger partial charge on any atom is 0.261 e. The molecule has 0 aliphatic rings. The molecule has 1 aromatic rings. The molecule has 1 amide bonds. The van der Waals surface area contributed by atoms with Gasteiger partial charge in [-0.2, -0.15) is 0 Å². The molecule has 100 valence electrons. The van der Waals surface area contributed by atoms with E-state index in [9.17, 15) is 13.6 Å². The van der Waals surface area contributed by atoms with Crippen molar-refractivity contribution in [3.8, 4) is 0 Å². The number of anilines is 1. The molecule has 1 aromatic carbocycles. The summed E-state index contributed by atoms with van der Waals surface area (Å²) in [5.41, 5.74) is 0.668. The van der Waals surface area contributed by atoms with Crippen LogP contribution in [0, 0.1) is 3.57 Å². The minimum Gasteiger partial charge on any atom is -0.375 e. The van der Waals surface area contributed by atoms with Crippen molar-refractivity contribution in [1.29, 1.82) is 0 Å². The number of halogens is 4. The second-order valence-electron chi connectivity index (χ2n) is 3.39. The SMILES string of the molecule is O=C(CCOCC(F)F)Nc1ccc(Br)c(I)c1. The van der Waals surface area contributed by atoms with E-state index in [1.54, 1.807) is 6.07 Å². The zero-order chi connectivity index (χ0) is 13.5. The number of hydrogen-bond acceptors (Lipinski definition) is 2. The maximum atomic E-state index is 11.8. The van der Waals surface area contributed by atoms with Gasteiger partial charge in [0.1, 0.15) is 6.61 Å². The number of alkyl halides is 2. The molecule has 0 spiro atoms. The average molecular weight is 434 g/mol. The van der Waals surface area contributed by atoms with Crippen molar-refractivity contribution in [3.05, 3.63) is 26.2 Å². The number of amides is 1. The number of hydrogen-bond donors (Lipinski definition) is 1. The van der Waals surface area contributed by atoms with Crippen LogP contribution in [0.1, 0.15) is 6.42 Å². The molecule has 18 heavy (non-hydrogen) atoms. The largest absolute Gasteiger partial charge is 0.375 e. The minimum atomic E-state index is -2.50. The van der Waals surface area contributed by atoms with Gasteiger partial charge < -0.3 is 10.1 Å². The summed E-state index contributed by atoms with van der Waals surface area (Å²) in [5, 5.41) is 2.67. The summed E-state index contributed by atoms with van der Waals surface area (Å²) in [5.74, 6) is -0.262.